The standard InChI is InChI=1S/C15H28F3N5O3S/c1-3-19-14(20-10-13-11-22(2)8-9-26-13)21-12-4-6-23(7-5-12)27(24,25)15(16,17)18/h12-13H,3-11H2,1-2H3,(H2,19,20,21). The molecule has 158 valence electrons. The normalized spacial score (nSPS) is 24.8. The lowest BCUT2D eigenvalue weighted by Crippen LogP contribution is -2.52. The number of ether oxygens (including phenoxy) is 1. The van der Waals surface area contributed by atoms with Crippen LogP contribution in [0, 0.1) is 0 Å². The zero-order valence-electron chi connectivity index (χ0n) is 15.6. The van der Waals surface area contributed by atoms with Crippen molar-refractivity contribution in [3.05, 3.63) is 0 Å². The zero-order chi connectivity index (χ0) is 20.1. The average Bonchev–Trinajstić information content (AvgIpc) is 2.59. The second-order valence-electron chi connectivity index (χ2n) is 6.74. The van der Waals surface area contributed by atoms with E-state index in [1.807, 2.05) is 14.0 Å². The Labute approximate surface area is 158 Å². The van der Waals surface area contributed by atoms with Crippen molar-refractivity contribution in [3.8, 4) is 0 Å². The van der Waals surface area contributed by atoms with Crippen molar-refractivity contribution >= 4 is 16.0 Å². The largest absolute Gasteiger partial charge is 0.511 e. The van der Waals surface area contributed by atoms with Crippen LogP contribution in [0.4, 0.5) is 13.2 Å². The van der Waals surface area contributed by atoms with E-state index in [9.17, 15) is 21.6 Å². The van der Waals surface area contributed by atoms with Crippen LogP contribution in [0.1, 0.15) is 19.8 Å². The number of morpholine rings is 1. The maximum Gasteiger partial charge on any atom is 0.511 e. The van der Waals surface area contributed by atoms with Crippen LogP contribution in [0.2, 0.25) is 0 Å². The highest BCUT2D eigenvalue weighted by atomic mass is 32.2. The zero-order valence-corrected chi connectivity index (χ0v) is 16.4. The predicted octanol–water partition coefficient (Wildman–Crippen LogP) is 0.186. The fraction of sp³-hybridized carbons (Fsp3) is 0.933. The molecule has 0 aromatic rings. The molecule has 8 nitrogen and oxygen atoms in total. The minimum Gasteiger partial charge on any atom is -0.374 e. The van der Waals surface area contributed by atoms with Gasteiger partial charge in [0.2, 0.25) is 0 Å². The second-order valence-corrected chi connectivity index (χ2v) is 8.67. The highest BCUT2D eigenvalue weighted by Gasteiger charge is 2.50. The first-order valence-electron chi connectivity index (χ1n) is 9.05. The van der Waals surface area contributed by atoms with E-state index in [1.54, 1.807) is 0 Å². The summed E-state index contributed by atoms with van der Waals surface area (Å²) < 4.78 is 67.0. The van der Waals surface area contributed by atoms with E-state index < -0.39 is 15.5 Å². The van der Waals surface area contributed by atoms with Crippen LogP contribution in [0.3, 0.4) is 0 Å². The van der Waals surface area contributed by atoms with Crippen molar-refractivity contribution in [2.24, 2.45) is 4.99 Å². The number of halogens is 3. The summed E-state index contributed by atoms with van der Waals surface area (Å²) in [6, 6.07) is -0.141. The number of nitrogens with one attached hydrogen (secondary N) is 2. The highest BCUT2D eigenvalue weighted by molar-refractivity contribution is 7.90. The Morgan fingerprint density at radius 1 is 1.26 bits per heavy atom. The van der Waals surface area contributed by atoms with Gasteiger partial charge in [0.15, 0.2) is 5.96 Å². The molecule has 27 heavy (non-hydrogen) atoms. The quantitative estimate of drug-likeness (QED) is 0.492. The summed E-state index contributed by atoms with van der Waals surface area (Å²) in [4.78, 5) is 6.67. The Kier molecular flexibility index (Phi) is 7.72. The molecule has 0 aromatic carbocycles. The molecule has 2 saturated heterocycles. The van der Waals surface area contributed by atoms with E-state index in [2.05, 4.69) is 20.5 Å². The van der Waals surface area contributed by atoms with E-state index in [1.165, 1.54) is 0 Å². The Morgan fingerprint density at radius 3 is 2.48 bits per heavy atom. The molecule has 2 aliphatic heterocycles. The maximum atomic E-state index is 12.6. The number of nitrogens with zero attached hydrogens (tertiary/aromatic N) is 3. The fourth-order valence-electron chi connectivity index (χ4n) is 3.07. The summed E-state index contributed by atoms with van der Waals surface area (Å²) >= 11 is 0. The first-order chi connectivity index (χ1) is 12.6. The molecule has 0 aliphatic carbocycles. The first-order valence-corrected chi connectivity index (χ1v) is 10.5. The summed E-state index contributed by atoms with van der Waals surface area (Å²) in [6.45, 7) is 5.02. The average molecular weight is 415 g/mol. The SMILES string of the molecule is CCNC(=NCC1CN(C)CCO1)NC1CCN(S(=O)(=O)C(F)(F)F)CC1. The van der Waals surface area contributed by atoms with Gasteiger partial charge in [-0.2, -0.15) is 17.5 Å². The smallest absolute Gasteiger partial charge is 0.374 e. The van der Waals surface area contributed by atoms with Gasteiger partial charge in [-0.1, -0.05) is 0 Å². The summed E-state index contributed by atoms with van der Waals surface area (Å²) in [7, 11) is -3.23. The van der Waals surface area contributed by atoms with Crippen LogP contribution in [0.5, 0.6) is 0 Å². The first kappa shape index (κ1) is 22.2. The molecule has 0 spiro atoms. The van der Waals surface area contributed by atoms with E-state index in [4.69, 9.17) is 4.74 Å². The molecule has 2 aliphatic rings. The third-order valence-corrected chi connectivity index (χ3v) is 6.20. The number of alkyl halides is 3. The number of rotatable bonds is 5. The number of likely N-dealkylation sites (N-methyl/N-ethyl adjacent to an activating group) is 1. The van der Waals surface area contributed by atoms with Gasteiger partial charge in [-0.25, -0.2) is 8.42 Å². The monoisotopic (exact) mass is 415 g/mol. The number of sulfonamides is 1. The van der Waals surface area contributed by atoms with Gasteiger partial charge in [-0.05, 0) is 26.8 Å². The molecule has 2 rings (SSSR count). The van der Waals surface area contributed by atoms with Crippen LogP contribution < -0.4 is 10.6 Å². The third-order valence-electron chi connectivity index (χ3n) is 4.57. The third kappa shape index (κ3) is 6.19. The topological polar surface area (TPSA) is 86.3 Å². The molecular weight excluding hydrogens is 387 g/mol. The number of piperidine rings is 1. The lowest BCUT2D eigenvalue weighted by molar-refractivity contribution is -0.0494. The maximum absolute atomic E-state index is 12.6. The van der Waals surface area contributed by atoms with Crippen molar-refractivity contribution in [2.75, 3.05) is 52.9 Å². The highest BCUT2D eigenvalue weighted by Crippen LogP contribution is 2.28. The molecule has 2 N–H and O–H groups in total. The second kappa shape index (κ2) is 9.39. The predicted molar refractivity (Wildman–Crippen MR) is 95.9 cm³/mol. The lowest BCUT2D eigenvalue weighted by atomic mass is 10.1. The molecule has 2 heterocycles. The number of guanidine groups is 1. The van der Waals surface area contributed by atoms with Crippen LogP contribution in [0.15, 0.2) is 4.99 Å². The fourth-order valence-corrected chi connectivity index (χ4v) is 4.05. The van der Waals surface area contributed by atoms with Gasteiger partial charge >= 0.3 is 15.5 Å². The Bertz CT molecular complexity index is 606. The van der Waals surface area contributed by atoms with Gasteiger partial charge in [0.1, 0.15) is 0 Å². The summed E-state index contributed by atoms with van der Waals surface area (Å²) in [5, 5.41) is 6.29. The molecule has 0 amide bonds. The van der Waals surface area contributed by atoms with E-state index >= 15 is 0 Å². The number of hydrogen-bond donors (Lipinski definition) is 2. The lowest BCUT2D eigenvalue weighted by Gasteiger charge is -2.33. The molecular formula is C15H28F3N5O3S. The van der Waals surface area contributed by atoms with Crippen molar-refractivity contribution in [1.82, 2.24) is 19.8 Å². The summed E-state index contributed by atoms with van der Waals surface area (Å²) in [6.07, 6.45) is 0.558. The molecule has 0 radical (unpaired) electrons. The van der Waals surface area contributed by atoms with Gasteiger partial charge in [0.05, 0.1) is 19.3 Å². The van der Waals surface area contributed by atoms with Gasteiger partial charge < -0.3 is 20.3 Å². The molecule has 12 heteroatoms. The minimum absolute atomic E-state index is 0.00187. The van der Waals surface area contributed by atoms with E-state index in [0.29, 0.717) is 30.0 Å². The Morgan fingerprint density at radius 2 is 1.93 bits per heavy atom. The van der Waals surface area contributed by atoms with Crippen LogP contribution in [0.25, 0.3) is 0 Å². The molecule has 2 fully saturated rings. The summed E-state index contributed by atoms with van der Waals surface area (Å²) in [5.74, 6) is 0.562. The Balaban J connectivity index is 1.87. The van der Waals surface area contributed by atoms with Gasteiger partial charge in [-0.15, -0.1) is 0 Å². The van der Waals surface area contributed by atoms with Crippen molar-refractivity contribution in [3.63, 3.8) is 0 Å². The number of aliphatic imine (C=N–C) groups is 1. The van der Waals surface area contributed by atoms with Crippen molar-refractivity contribution in [1.29, 1.82) is 0 Å². The molecule has 0 bridgehead atoms. The summed E-state index contributed by atoms with van der Waals surface area (Å²) in [5.41, 5.74) is -5.25. The van der Waals surface area contributed by atoms with Gasteiger partial charge in [0, 0.05) is 38.8 Å². The van der Waals surface area contributed by atoms with E-state index in [0.717, 1.165) is 13.1 Å². The molecule has 1 unspecified atom stereocenters. The molecule has 0 saturated carbocycles. The van der Waals surface area contributed by atoms with Crippen LogP contribution in [-0.2, 0) is 14.8 Å². The van der Waals surface area contributed by atoms with Gasteiger partial charge in [-0.3, -0.25) is 4.99 Å². The van der Waals surface area contributed by atoms with E-state index in [-0.39, 0.29) is 38.1 Å². The van der Waals surface area contributed by atoms with Crippen molar-refractivity contribution in [2.45, 2.75) is 37.4 Å². The van der Waals surface area contributed by atoms with Crippen molar-refractivity contribution < 1.29 is 26.3 Å². The van der Waals surface area contributed by atoms with Gasteiger partial charge in [0.25, 0.3) is 0 Å². The minimum atomic E-state index is -5.25. The Hall–Kier alpha value is -1.11. The number of hydrogen-bond acceptors (Lipinski definition) is 5. The molecule has 1 atom stereocenters. The molecule has 0 aromatic heterocycles. The van der Waals surface area contributed by atoms with Crippen LogP contribution >= 0.6 is 0 Å². The van der Waals surface area contributed by atoms with Crippen LogP contribution in [-0.4, -0.2) is 94.2 Å².